The Morgan fingerprint density at radius 3 is 2.76 bits per heavy atom. The number of halogens is 2. The molecule has 0 aliphatic carbocycles. The Balaban J connectivity index is 2.04. The summed E-state index contributed by atoms with van der Waals surface area (Å²) in [6.45, 7) is 1.54. The molecule has 0 amide bonds. The van der Waals surface area contributed by atoms with Crippen LogP contribution in [0.15, 0.2) is 53.1 Å². The van der Waals surface area contributed by atoms with Crippen LogP contribution < -0.4 is 5.32 Å². The van der Waals surface area contributed by atoms with Crippen molar-refractivity contribution in [3.8, 4) is 0 Å². The maximum atomic E-state index is 13.2. The summed E-state index contributed by atoms with van der Waals surface area (Å²) >= 11 is 3.44. The maximum absolute atomic E-state index is 13.2. The molecule has 0 spiro atoms. The van der Waals surface area contributed by atoms with Crippen LogP contribution in [0.2, 0.25) is 0 Å². The molecule has 2 aromatic carbocycles. The number of rotatable bonds is 4. The van der Waals surface area contributed by atoms with E-state index in [0.29, 0.717) is 6.54 Å². The van der Waals surface area contributed by atoms with Crippen molar-refractivity contribution in [1.82, 2.24) is 9.88 Å². The highest BCUT2D eigenvalue weighted by Gasteiger charge is 2.08. The highest BCUT2D eigenvalue weighted by molar-refractivity contribution is 9.10. The predicted octanol–water partition coefficient (Wildman–Crippen LogP) is 4.31. The predicted molar refractivity (Wildman–Crippen MR) is 87.9 cm³/mol. The number of nitrogens with zero attached hydrogens (tertiary/aromatic N) is 1. The summed E-state index contributed by atoms with van der Waals surface area (Å²) in [5.74, 6) is -0.223. The van der Waals surface area contributed by atoms with E-state index in [1.165, 1.54) is 28.6 Å². The van der Waals surface area contributed by atoms with Crippen molar-refractivity contribution in [2.24, 2.45) is 0 Å². The summed E-state index contributed by atoms with van der Waals surface area (Å²) < 4.78 is 16.2. The molecule has 21 heavy (non-hydrogen) atoms. The lowest BCUT2D eigenvalue weighted by Crippen LogP contribution is -2.08. The number of hydrogen-bond acceptors (Lipinski definition) is 1. The second-order valence-corrected chi connectivity index (χ2v) is 5.92. The van der Waals surface area contributed by atoms with E-state index >= 15 is 0 Å². The van der Waals surface area contributed by atoms with E-state index in [4.69, 9.17) is 0 Å². The minimum absolute atomic E-state index is 0.223. The van der Waals surface area contributed by atoms with Crippen molar-refractivity contribution in [1.29, 1.82) is 0 Å². The summed E-state index contributed by atoms with van der Waals surface area (Å²) in [5.41, 5.74) is 3.55. The van der Waals surface area contributed by atoms with Gasteiger partial charge in [0.25, 0.3) is 0 Å². The third-order valence-electron chi connectivity index (χ3n) is 3.60. The van der Waals surface area contributed by atoms with Gasteiger partial charge in [-0.15, -0.1) is 0 Å². The summed E-state index contributed by atoms with van der Waals surface area (Å²) in [5, 5.41) is 4.43. The lowest BCUT2D eigenvalue weighted by atomic mass is 10.1. The Morgan fingerprint density at radius 1 is 1.14 bits per heavy atom. The Kier molecular flexibility index (Phi) is 4.08. The third-order valence-corrected chi connectivity index (χ3v) is 4.33. The minimum Gasteiger partial charge on any atom is -0.343 e. The molecule has 0 radical (unpaired) electrons. The van der Waals surface area contributed by atoms with Crippen molar-refractivity contribution in [2.75, 3.05) is 7.05 Å². The molecule has 0 saturated heterocycles. The molecule has 0 unspecified atom stereocenters. The van der Waals surface area contributed by atoms with Crippen LogP contribution in [0.3, 0.4) is 0 Å². The van der Waals surface area contributed by atoms with Crippen molar-refractivity contribution in [2.45, 2.75) is 13.1 Å². The van der Waals surface area contributed by atoms with Gasteiger partial charge in [-0.1, -0.05) is 40.2 Å². The Hall–Kier alpha value is -1.65. The van der Waals surface area contributed by atoms with Gasteiger partial charge in [-0.05, 0) is 41.8 Å². The SMILES string of the molecule is CNCc1cccc2ccn(Cc3ccc(F)cc3Br)c12. The zero-order valence-electron chi connectivity index (χ0n) is 11.7. The fraction of sp³-hybridized carbons (Fsp3) is 0.176. The molecular weight excluding hydrogens is 331 g/mol. The molecule has 0 saturated carbocycles. The molecule has 3 rings (SSSR count). The first-order valence-electron chi connectivity index (χ1n) is 6.84. The summed E-state index contributed by atoms with van der Waals surface area (Å²) in [6, 6.07) is 13.3. The highest BCUT2D eigenvalue weighted by atomic mass is 79.9. The van der Waals surface area contributed by atoms with E-state index < -0.39 is 0 Å². The van der Waals surface area contributed by atoms with Gasteiger partial charge in [-0.3, -0.25) is 0 Å². The average Bonchev–Trinajstić information content (AvgIpc) is 2.87. The molecule has 0 atom stereocenters. The topological polar surface area (TPSA) is 17.0 Å². The molecule has 4 heteroatoms. The largest absolute Gasteiger partial charge is 0.343 e. The molecule has 0 fully saturated rings. The van der Waals surface area contributed by atoms with Gasteiger partial charge >= 0.3 is 0 Å². The van der Waals surface area contributed by atoms with Crippen molar-refractivity contribution in [3.05, 3.63) is 70.1 Å². The number of para-hydroxylation sites is 1. The molecule has 1 N–H and O–H groups in total. The standard InChI is InChI=1S/C17H16BrFN2/c1-20-10-13-4-2-3-12-7-8-21(17(12)13)11-14-5-6-15(19)9-16(14)18/h2-9,20H,10-11H2,1H3. The second kappa shape index (κ2) is 6.00. The van der Waals surface area contributed by atoms with Gasteiger partial charge in [-0.25, -0.2) is 4.39 Å². The fourth-order valence-electron chi connectivity index (χ4n) is 2.64. The normalized spacial score (nSPS) is 11.2. The zero-order chi connectivity index (χ0) is 14.8. The van der Waals surface area contributed by atoms with E-state index in [2.05, 4.69) is 56.3 Å². The van der Waals surface area contributed by atoms with Crippen molar-refractivity contribution >= 4 is 26.8 Å². The van der Waals surface area contributed by atoms with Crippen LogP contribution in [0, 0.1) is 5.82 Å². The third kappa shape index (κ3) is 2.87. The molecule has 0 bridgehead atoms. The molecule has 0 aliphatic rings. The van der Waals surface area contributed by atoms with Gasteiger partial charge in [0, 0.05) is 23.8 Å². The number of hydrogen-bond donors (Lipinski definition) is 1. The molecule has 1 heterocycles. The van der Waals surface area contributed by atoms with Gasteiger partial charge in [0.05, 0.1) is 5.52 Å². The summed E-state index contributed by atoms with van der Waals surface area (Å²) in [6.07, 6.45) is 2.08. The fourth-order valence-corrected chi connectivity index (χ4v) is 3.12. The van der Waals surface area contributed by atoms with E-state index in [1.807, 2.05) is 13.1 Å². The van der Waals surface area contributed by atoms with Crippen LogP contribution in [0.1, 0.15) is 11.1 Å². The minimum atomic E-state index is -0.223. The van der Waals surface area contributed by atoms with Gasteiger partial charge in [0.15, 0.2) is 0 Å². The van der Waals surface area contributed by atoms with Crippen LogP contribution in [0.4, 0.5) is 4.39 Å². The van der Waals surface area contributed by atoms with E-state index in [-0.39, 0.29) is 5.82 Å². The monoisotopic (exact) mass is 346 g/mol. The first-order chi connectivity index (χ1) is 10.2. The Bertz CT molecular complexity index is 780. The lowest BCUT2D eigenvalue weighted by molar-refractivity contribution is 0.625. The highest BCUT2D eigenvalue weighted by Crippen LogP contribution is 2.24. The Morgan fingerprint density at radius 2 is 2.00 bits per heavy atom. The summed E-state index contributed by atoms with van der Waals surface area (Å²) in [7, 11) is 1.95. The molecule has 3 aromatic rings. The van der Waals surface area contributed by atoms with Crippen molar-refractivity contribution < 1.29 is 4.39 Å². The maximum Gasteiger partial charge on any atom is 0.124 e. The van der Waals surface area contributed by atoms with Crippen LogP contribution in [0.5, 0.6) is 0 Å². The Labute approximate surface area is 131 Å². The molecule has 1 aromatic heterocycles. The quantitative estimate of drug-likeness (QED) is 0.744. The molecule has 0 aliphatic heterocycles. The van der Waals surface area contributed by atoms with E-state index in [1.54, 1.807) is 0 Å². The van der Waals surface area contributed by atoms with E-state index in [0.717, 1.165) is 16.6 Å². The van der Waals surface area contributed by atoms with Gasteiger partial charge in [0.1, 0.15) is 5.82 Å². The van der Waals surface area contributed by atoms with Crippen LogP contribution >= 0.6 is 15.9 Å². The number of fused-ring (bicyclic) bond motifs is 1. The molecule has 2 nitrogen and oxygen atoms in total. The number of nitrogens with one attached hydrogen (secondary N) is 1. The molecular formula is C17H16BrFN2. The van der Waals surface area contributed by atoms with Gasteiger partial charge < -0.3 is 9.88 Å². The van der Waals surface area contributed by atoms with Crippen LogP contribution in [-0.2, 0) is 13.1 Å². The lowest BCUT2D eigenvalue weighted by Gasteiger charge is -2.11. The smallest absolute Gasteiger partial charge is 0.124 e. The first-order valence-corrected chi connectivity index (χ1v) is 7.63. The zero-order valence-corrected chi connectivity index (χ0v) is 13.3. The van der Waals surface area contributed by atoms with E-state index in [9.17, 15) is 4.39 Å². The van der Waals surface area contributed by atoms with Gasteiger partial charge in [0.2, 0.25) is 0 Å². The molecule has 108 valence electrons. The second-order valence-electron chi connectivity index (χ2n) is 5.06. The van der Waals surface area contributed by atoms with Crippen LogP contribution in [0.25, 0.3) is 10.9 Å². The van der Waals surface area contributed by atoms with Gasteiger partial charge in [-0.2, -0.15) is 0 Å². The first kappa shape index (κ1) is 14.3. The number of aromatic nitrogens is 1. The van der Waals surface area contributed by atoms with Crippen LogP contribution in [-0.4, -0.2) is 11.6 Å². The van der Waals surface area contributed by atoms with Crippen molar-refractivity contribution in [3.63, 3.8) is 0 Å². The summed E-state index contributed by atoms with van der Waals surface area (Å²) in [4.78, 5) is 0. The number of benzene rings is 2. The average molecular weight is 347 g/mol.